The van der Waals surface area contributed by atoms with Crippen molar-refractivity contribution in [1.82, 2.24) is 14.8 Å². The molecular formula is C17H19N5O2. The van der Waals surface area contributed by atoms with E-state index in [2.05, 4.69) is 21.1 Å². The molecule has 0 radical (unpaired) electrons. The van der Waals surface area contributed by atoms with Crippen molar-refractivity contribution in [2.45, 2.75) is 25.8 Å². The Balaban J connectivity index is 1.74. The van der Waals surface area contributed by atoms with E-state index in [-0.39, 0.29) is 12.0 Å². The first-order valence-corrected chi connectivity index (χ1v) is 8.04. The lowest BCUT2D eigenvalue weighted by atomic mass is 10.1. The fourth-order valence-corrected chi connectivity index (χ4v) is 2.90. The van der Waals surface area contributed by atoms with E-state index >= 15 is 0 Å². The van der Waals surface area contributed by atoms with Crippen molar-refractivity contribution >= 4 is 11.8 Å². The van der Waals surface area contributed by atoms with Gasteiger partial charge in [-0.25, -0.2) is 9.78 Å². The van der Waals surface area contributed by atoms with Crippen LogP contribution in [0.2, 0.25) is 0 Å². The number of pyridine rings is 1. The monoisotopic (exact) mass is 325 g/mol. The molecule has 0 aliphatic carbocycles. The van der Waals surface area contributed by atoms with Gasteiger partial charge in [0.2, 0.25) is 0 Å². The van der Waals surface area contributed by atoms with Crippen LogP contribution in [0.15, 0.2) is 30.6 Å². The number of piperidine rings is 1. The molecule has 1 aliphatic rings. The third-order valence-corrected chi connectivity index (χ3v) is 4.06. The minimum absolute atomic E-state index is 0.162. The highest BCUT2D eigenvalue weighted by Crippen LogP contribution is 2.25. The van der Waals surface area contributed by atoms with Gasteiger partial charge in [-0.3, -0.25) is 4.68 Å². The van der Waals surface area contributed by atoms with Crippen LogP contribution >= 0.6 is 0 Å². The molecule has 0 saturated carbocycles. The summed E-state index contributed by atoms with van der Waals surface area (Å²) in [4.78, 5) is 18.3. The topological polar surface area (TPSA) is 84.0 Å². The Morgan fingerprint density at radius 1 is 1.50 bits per heavy atom. The van der Waals surface area contributed by atoms with Gasteiger partial charge in [-0.1, -0.05) is 6.07 Å². The minimum atomic E-state index is -0.347. The highest BCUT2D eigenvalue weighted by Gasteiger charge is 2.24. The number of nitrogens with zero attached hydrogens (tertiary/aromatic N) is 5. The van der Waals surface area contributed by atoms with Gasteiger partial charge in [0.25, 0.3) is 0 Å². The van der Waals surface area contributed by atoms with Crippen LogP contribution in [0.4, 0.5) is 5.82 Å². The first-order valence-electron chi connectivity index (χ1n) is 8.04. The van der Waals surface area contributed by atoms with Gasteiger partial charge in [-0.15, -0.1) is 0 Å². The number of carbonyl (C=O) groups excluding carboxylic acids is 1. The van der Waals surface area contributed by atoms with E-state index in [0.29, 0.717) is 17.9 Å². The molecule has 1 atom stereocenters. The first kappa shape index (κ1) is 16.0. The van der Waals surface area contributed by atoms with E-state index < -0.39 is 0 Å². The van der Waals surface area contributed by atoms with Crippen LogP contribution in [0, 0.1) is 11.3 Å². The molecule has 7 nitrogen and oxygen atoms in total. The summed E-state index contributed by atoms with van der Waals surface area (Å²) in [5.74, 6) is 0.455. The molecule has 2 aromatic heterocycles. The quantitative estimate of drug-likeness (QED) is 0.801. The van der Waals surface area contributed by atoms with Crippen LogP contribution < -0.4 is 4.90 Å². The van der Waals surface area contributed by atoms with Crippen molar-refractivity contribution in [1.29, 1.82) is 5.26 Å². The van der Waals surface area contributed by atoms with Gasteiger partial charge < -0.3 is 9.64 Å². The summed E-state index contributed by atoms with van der Waals surface area (Å²) in [6, 6.07) is 7.69. The van der Waals surface area contributed by atoms with Crippen LogP contribution in [0.5, 0.6) is 0 Å². The Morgan fingerprint density at radius 3 is 3.17 bits per heavy atom. The van der Waals surface area contributed by atoms with Crippen LogP contribution in [0.1, 0.15) is 41.9 Å². The third kappa shape index (κ3) is 3.38. The zero-order valence-corrected chi connectivity index (χ0v) is 13.6. The molecule has 0 aromatic carbocycles. The van der Waals surface area contributed by atoms with Crippen LogP contribution in [0.3, 0.4) is 0 Å². The molecule has 1 fully saturated rings. The number of aromatic nitrogens is 3. The number of hydrogen-bond acceptors (Lipinski definition) is 6. The number of rotatable bonds is 4. The van der Waals surface area contributed by atoms with E-state index in [0.717, 1.165) is 31.7 Å². The van der Waals surface area contributed by atoms with Crippen molar-refractivity contribution < 1.29 is 9.53 Å². The van der Waals surface area contributed by atoms with E-state index in [1.807, 2.05) is 16.8 Å². The Hall–Kier alpha value is -2.88. The molecule has 2 aromatic rings. The second kappa shape index (κ2) is 7.13. The molecule has 3 rings (SSSR count). The van der Waals surface area contributed by atoms with Crippen LogP contribution in [-0.4, -0.2) is 40.4 Å². The maximum Gasteiger partial charge on any atom is 0.341 e. The van der Waals surface area contributed by atoms with Gasteiger partial charge in [0.15, 0.2) is 0 Å². The lowest BCUT2D eigenvalue weighted by Gasteiger charge is -2.33. The fourth-order valence-electron chi connectivity index (χ4n) is 2.90. The molecule has 0 bridgehead atoms. The standard InChI is InChI=1S/C17H19N5O2/c1-2-24-17(23)13-10-19-22(11-13)15-6-4-8-21(12-15)16-7-3-5-14(9-18)20-16/h3,5,7,10-11,15H,2,4,6,8,12H2,1H3. The molecule has 0 spiro atoms. The predicted molar refractivity (Wildman–Crippen MR) is 87.6 cm³/mol. The van der Waals surface area contributed by atoms with Crippen molar-refractivity contribution in [3.8, 4) is 6.07 Å². The first-order chi connectivity index (χ1) is 11.7. The van der Waals surface area contributed by atoms with Gasteiger partial charge in [0.05, 0.1) is 24.4 Å². The van der Waals surface area contributed by atoms with E-state index in [9.17, 15) is 4.79 Å². The zero-order chi connectivity index (χ0) is 16.9. The molecule has 7 heteroatoms. The fraction of sp³-hybridized carbons (Fsp3) is 0.412. The normalized spacial score (nSPS) is 17.3. The van der Waals surface area contributed by atoms with Crippen molar-refractivity contribution in [2.24, 2.45) is 0 Å². The Kier molecular flexibility index (Phi) is 4.75. The molecule has 3 heterocycles. The van der Waals surface area contributed by atoms with Gasteiger partial charge in [0, 0.05) is 19.3 Å². The molecule has 1 saturated heterocycles. The predicted octanol–water partition coefficient (Wildman–Crippen LogP) is 2.17. The summed E-state index contributed by atoms with van der Waals surface area (Å²) in [6.45, 7) is 3.77. The van der Waals surface area contributed by atoms with Crippen LogP contribution in [0.25, 0.3) is 0 Å². The highest BCUT2D eigenvalue weighted by molar-refractivity contribution is 5.88. The smallest absolute Gasteiger partial charge is 0.341 e. The number of esters is 1. The Labute approximate surface area is 140 Å². The molecule has 24 heavy (non-hydrogen) atoms. The second-order valence-electron chi connectivity index (χ2n) is 5.66. The number of nitriles is 1. The van der Waals surface area contributed by atoms with Gasteiger partial charge in [-0.05, 0) is 31.9 Å². The summed E-state index contributed by atoms with van der Waals surface area (Å²) in [7, 11) is 0. The largest absolute Gasteiger partial charge is 0.462 e. The summed E-state index contributed by atoms with van der Waals surface area (Å²) >= 11 is 0. The van der Waals surface area contributed by atoms with Crippen molar-refractivity contribution in [3.05, 3.63) is 41.9 Å². The lowest BCUT2D eigenvalue weighted by molar-refractivity contribution is 0.0526. The minimum Gasteiger partial charge on any atom is -0.462 e. The van der Waals surface area contributed by atoms with E-state index in [4.69, 9.17) is 10.00 Å². The molecule has 0 N–H and O–H groups in total. The average Bonchev–Trinajstić information content (AvgIpc) is 3.12. The molecule has 1 aliphatic heterocycles. The summed E-state index contributed by atoms with van der Waals surface area (Å²) < 4.78 is 6.83. The molecule has 1 unspecified atom stereocenters. The van der Waals surface area contributed by atoms with Gasteiger partial charge in [0.1, 0.15) is 17.6 Å². The Bertz CT molecular complexity index is 764. The van der Waals surface area contributed by atoms with Crippen molar-refractivity contribution in [3.63, 3.8) is 0 Å². The maximum atomic E-state index is 11.8. The summed E-state index contributed by atoms with van der Waals surface area (Å²) in [6.07, 6.45) is 5.27. The van der Waals surface area contributed by atoms with E-state index in [1.165, 1.54) is 0 Å². The number of anilines is 1. The number of hydrogen-bond donors (Lipinski definition) is 0. The zero-order valence-electron chi connectivity index (χ0n) is 13.6. The molecule has 124 valence electrons. The molecule has 0 amide bonds. The van der Waals surface area contributed by atoms with Gasteiger partial charge >= 0.3 is 5.97 Å². The second-order valence-corrected chi connectivity index (χ2v) is 5.66. The molecular weight excluding hydrogens is 306 g/mol. The van der Waals surface area contributed by atoms with Crippen LogP contribution in [-0.2, 0) is 4.74 Å². The van der Waals surface area contributed by atoms with Gasteiger partial charge in [-0.2, -0.15) is 10.4 Å². The van der Waals surface area contributed by atoms with E-state index in [1.54, 1.807) is 25.4 Å². The SMILES string of the molecule is CCOC(=O)c1cnn(C2CCCN(c3cccc(C#N)n3)C2)c1. The third-order valence-electron chi connectivity index (χ3n) is 4.06. The Morgan fingerprint density at radius 2 is 2.38 bits per heavy atom. The highest BCUT2D eigenvalue weighted by atomic mass is 16.5. The van der Waals surface area contributed by atoms with Crippen molar-refractivity contribution in [2.75, 3.05) is 24.6 Å². The summed E-state index contributed by atoms with van der Waals surface area (Å²) in [5, 5.41) is 13.3. The maximum absolute atomic E-state index is 11.8. The number of carbonyl (C=O) groups is 1. The number of ether oxygens (including phenoxy) is 1. The lowest BCUT2D eigenvalue weighted by Crippen LogP contribution is -2.37. The average molecular weight is 325 g/mol. The summed E-state index contributed by atoms with van der Waals surface area (Å²) in [5.41, 5.74) is 0.886.